The maximum absolute atomic E-state index is 13.3. The van der Waals surface area contributed by atoms with E-state index >= 15 is 0 Å². The van der Waals surface area contributed by atoms with Gasteiger partial charge in [-0.3, -0.25) is 9.69 Å². The van der Waals surface area contributed by atoms with Crippen LogP contribution in [0.15, 0.2) is 29.3 Å². The molecule has 2 aliphatic heterocycles. The van der Waals surface area contributed by atoms with E-state index in [1.165, 1.54) is 10.5 Å². The highest BCUT2D eigenvalue weighted by Gasteiger charge is 2.41. The fraction of sp³-hybridized carbons (Fsp3) is 0.519. The SMILES string of the molecule is CC(C)(C)OC(=O)N1CCCC1C(=O)O[C@H]1CCc2c(ccc3c2OCC2CC(Cl)=CC=C32)C1=O. The number of likely N-dealkylation sites (tertiary alicyclic amines) is 1. The van der Waals surface area contributed by atoms with E-state index in [2.05, 4.69) is 0 Å². The molecule has 5 rings (SSSR count). The second-order valence-electron chi connectivity index (χ2n) is 10.6. The van der Waals surface area contributed by atoms with Gasteiger partial charge >= 0.3 is 12.1 Å². The van der Waals surface area contributed by atoms with Crippen LogP contribution in [0, 0.1) is 5.92 Å². The van der Waals surface area contributed by atoms with Crippen LogP contribution in [0.4, 0.5) is 4.79 Å². The molecule has 4 aliphatic rings. The Bertz CT molecular complexity index is 1150. The molecule has 1 saturated heterocycles. The van der Waals surface area contributed by atoms with Crippen molar-refractivity contribution in [3.05, 3.63) is 46.0 Å². The minimum atomic E-state index is -0.874. The standard InChI is InChI=1S/C27H30ClNO6/c1-27(2,3)35-26(32)29-12-4-5-21(29)25(31)34-22-11-10-20-18(23(22)30)8-9-19-17-7-6-16(28)13-15(17)14-33-24(19)20/h6-9,15,21-22H,4-5,10-14H2,1-3H3/t15?,21?,22-/m0/s1. The van der Waals surface area contributed by atoms with Gasteiger partial charge in [0.2, 0.25) is 5.78 Å². The van der Waals surface area contributed by atoms with Crippen molar-refractivity contribution in [3.8, 4) is 5.75 Å². The van der Waals surface area contributed by atoms with Gasteiger partial charge in [0.1, 0.15) is 17.4 Å². The Hall–Kier alpha value is -2.80. The topological polar surface area (TPSA) is 82.1 Å². The van der Waals surface area contributed by atoms with Crippen LogP contribution in [0.5, 0.6) is 5.75 Å². The average Bonchev–Trinajstić information content (AvgIpc) is 3.29. The Morgan fingerprint density at radius 1 is 1.14 bits per heavy atom. The fourth-order valence-electron chi connectivity index (χ4n) is 5.33. The molecular formula is C27H30ClNO6. The molecule has 1 fully saturated rings. The monoisotopic (exact) mass is 499 g/mol. The van der Waals surface area contributed by atoms with Gasteiger partial charge in [0.05, 0.1) is 6.61 Å². The quantitative estimate of drug-likeness (QED) is 0.530. The molecule has 35 heavy (non-hydrogen) atoms. The van der Waals surface area contributed by atoms with Crippen molar-refractivity contribution in [2.45, 2.75) is 70.6 Å². The molecule has 0 bridgehead atoms. The summed E-state index contributed by atoms with van der Waals surface area (Å²) < 4.78 is 17.2. The molecule has 2 aliphatic carbocycles. The Morgan fingerprint density at radius 2 is 1.91 bits per heavy atom. The highest BCUT2D eigenvalue weighted by atomic mass is 35.5. The summed E-state index contributed by atoms with van der Waals surface area (Å²) in [6.07, 6.45) is 5.43. The van der Waals surface area contributed by atoms with Gasteiger partial charge in [-0.1, -0.05) is 29.8 Å². The number of nitrogens with zero attached hydrogens (tertiary/aromatic N) is 1. The minimum absolute atomic E-state index is 0.213. The Kier molecular flexibility index (Phi) is 6.16. The van der Waals surface area contributed by atoms with Gasteiger partial charge in [-0.15, -0.1) is 0 Å². The molecular weight excluding hydrogens is 470 g/mol. The third-order valence-corrected chi connectivity index (χ3v) is 7.23. The highest BCUT2D eigenvalue weighted by Crippen LogP contribution is 2.45. The van der Waals surface area contributed by atoms with E-state index in [-0.39, 0.29) is 11.7 Å². The zero-order chi connectivity index (χ0) is 24.9. The zero-order valence-corrected chi connectivity index (χ0v) is 21.0. The molecule has 0 spiro atoms. The smallest absolute Gasteiger partial charge is 0.411 e. The van der Waals surface area contributed by atoms with Crippen LogP contribution in [0.1, 0.15) is 67.9 Å². The molecule has 1 amide bonds. The van der Waals surface area contributed by atoms with Gasteiger partial charge in [0.25, 0.3) is 0 Å². The lowest BCUT2D eigenvalue weighted by molar-refractivity contribution is -0.152. The largest absolute Gasteiger partial charge is 0.492 e. The molecule has 8 heteroatoms. The number of benzene rings is 1. The average molecular weight is 500 g/mol. The number of carbonyl (C=O) groups excluding carboxylic acids is 3. The number of halogens is 1. The van der Waals surface area contributed by atoms with Crippen molar-refractivity contribution < 1.29 is 28.6 Å². The first-order chi connectivity index (χ1) is 16.6. The van der Waals surface area contributed by atoms with Crippen LogP contribution in [0.25, 0.3) is 5.57 Å². The Balaban J connectivity index is 1.32. The summed E-state index contributed by atoms with van der Waals surface area (Å²) in [5.41, 5.74) is 2.93. The molecule has 2 heterocycles. The maximum Gasteiger partial charge on any atom is 0.411 e. The normalized spacial score (nSPS) is 25.4. The van der Waals surface area contributed by atoms with Crippen molar-refractivity contribution in [3.63, 3.8) is 0 Å². The molecule has 3 atom stereocenters. The minimum Gasteiger partial charge on any atom is -0.492 e. The molecule has 1 aromatic carbocycles. The van der Waals surface area contributed by atoms with Gasteiger partial charge in [0, 0.05) is 34.2 Å². The van der Waals surface area contributed by atoms with Crippen LogP contribution in [0.2, 0.25) is 0 Å². The van der Waals surface area contributed by atoms with Crippen molar-refractivity contribution in [1.82, 2.24) is 4.90 Å². The number of esters is 1. The van der Waals surface area contributed by atoms with Crippen LogP contribution in [-0.4, -0.2) is 53.6 Å². The Morgan fingerprint density at radius 3 is 2.69 bits per heavy atom. The van der Waals surface area contributed by atoms with E-state index in [1.54, 1.807) is 20.8 Å². The molecule has 1 aromatic rings. The van der Waals surface area contributed by atoms with Crippen LogP contribution < -0.4 is 4.74 Å². The number of hydrogen-bond acceptors (Lipinski definition) is 6. The van der Waals surface area contributed by atoms with Crippen LogP contribution in [0.3, 0.4) is 0 Å². The molecule has 2 unspecified atom stereocenters. The summed E-state index contributed by atoms with van der Waals surface area (Å²) in [6.45, 7) is 6.30. The van der Waals surface area contributed by atoms with Gasteiger partial charge in [0.15, 0.2) is 6.10 Å². The van der Waals surface area contributed by atoms with Crippen LogP contribution >= 0.6 is 11.6 Å². The van der Waals surface area contributed by atoms with Crippen molar-refractivity contribution in [1.29, 1.82) is 0 Å². The maximum atomic E-state index is 13.3. The molecule has 7 nitrogen and oxygen atoms in total. The van der Waals surface area contributed by atoms with E-state index in [9.17, 15) is 14.4 Å². The molecule has 0 radical (unpaired) electrons. The summed E-state index contributed by atoms with van der Waals surface area (Å²) in [7, 11) is 0. The number of fused-ring (bicyclic) bond motifs is 5. The molecule has 0 aromatic heterocycles. The molecule has 0 N–H and O–H groups in total. The number of carbonyl (C=O) groups is 3. The second-order valence-corrected chi connectivity index (χ2v) is 11.1. The van der Waals surface area contributed by atoms with Crippen molar-refractivity contribution >= 4 is 35.0 Å². The highest BCUT2D eigenvalue weighted by molar-refractivity contribution is 6.30. The van der Waals surface area contributed by atoms with Crippen molar-refractivity contribution in [2.24, 2.45) is 5.92 Å². The molecule has 186 valence electrons. The zero-order valence-electron chi connectivity index (χ0n) is 20.3. The van der Waals surface area contributed by atoms with Gasteiger partial charge in [-0.05, 0) is 64.5 Å². The molecule has 0 saturated carbocycles. The predicted molar refractivity (Wildman–Crippen MR) is 130 cm³/mol. The number of rotatable bonds is 2. The summed E-state index contributed by atoms with van der Waals surface area (Å²) in [6, 6.07) is 3.00. The lowest BCUT2D eigenvalue weighted by Crippen LogP contribution is -2.46. The van der Waals surface area contributed by atoms with Crippen molar-refractivity contribution in [2.75, 3.05) is 13.2 Å². The van der Waals surface area contributed by atoms with Gasteiger partial charge in [-0.2, -0.15) is 0 Å². The van der Waals surface area contributed by atoms with Gasteiger partial charge in [-0.25, -0.2) is 9.59 Å². The number of allylic oxidation sites excluding steroid dienone is 3. The number of ether oxygens (including phenoxy) is 3. The number of amides is 1. The van der Waals surface area contributed by atoms with Gasteiger partial charge < -0.3 is 14.2 Å². The lowest BCUT2D eigenvalue weighted by Gasteiger charge is -2.34. The first-order valence-electron chi connectivity index (χ1n) is 12.2. The number of Topliss-reactive ketones (excluding diaryl/α,β-unsaturated/α-hetero) is 1. The third kappa shape index (κ3) is 4.58. The summed E-state index contributed by atoms with van der Waals surface area (Å²) in [4.78, 5) is 40.3. The van der Waals surface area contributed by atoms with E-state index in [1.807, 2.05) is 24.3 Å². The summed E-state index contributed by atoms with van der Waals surface area (Å²) >= 11 is 6.20. The number of ketones is 1. The van der Waals surface area contributed by atoms with Crippen LogP contribution in [-0.2, 0) is 20.7 Å². The van der Waals surface area contributed by atoms with E-state index in [0.29, 0.717) is 44.4 Å². The van der Waals surface area contributed by atoms with E-state index in [4.69, 9.17) is 25.8 Å². The second kappa shape index (κ2) is 9.01. The fourth-order valence-corrected chi connectivity index (χ4v) is 5.58. The predicted octanol–water partition coefficient (Wildman–Crippen LogP) is 5.05. The Labute approximate surface area is 210 Å². The number of hydrogen-bond donors (Lipinski definition) is 0. The third-order valence-electron chi connectivity index (χ3n) is 6.95. The summed E-state index contributed by atoms with van der Waals surface area (Å²) in [5.74, 6) is 0.186. The summed E-state index contributed by atoms with van der Waals surface area (Å²) in [5, 5.41) is 0.816. The first-order valence-corrected chi connectivity index (χ1v) is 12.6. The lowest BCUT2D eigenvalue weighted by atomic mass is 9.80. The van der Waals surface area contributed by atoms with E-state index in [0.717, 1.165) is 28.3 Å². The first kappa shape index (κ1) is 23.9. The van der Waals surface area contributed by atoms with E-state index < -0.39 is 29.8 Å².